The second-order valence-electron chi connectivity index (χ2n) is 9.89. The highest BCUT2D eigenvalue weighted by atomic mass is 16.5. The first-order chi connectivity index (χ1) is 18.7. The van der Waals surface area contributed by atoms with Crippen LogP contribution in [-0.2, 0) is 4.74 Å². The van der Waals surface area contributed by atoms with Gasteiger partial charge < -0.3 is 24.3 Å². The predicted molar refractivity (Wildman–Crippen MR) is 148 cm³/mol. The monoisotopic (exact) mass is 511 g/mol. The van der Waals surface area contributed by atoms with Crippen LogP contribution in [0.5, 0.6) is 0 Å². The highest BCUT2D eigenvalue weighted by molar-refractivity contribution is 6.06. The van der Waals surface area contributed by atoms with E-state index in [2.05, 4.69) is 39.2 Å². The molecule has 2 aliphatic heterocycles. The smallest absolute Gasteiger partial charge is 0.253 e. The van der Waals surface area contributed by atoms with Crippen molar-refractivity contribution in [2.24, 2.45) is 0 Å². The summed E-state index contributed by atoms with van der Waals surface area (Å²) in [4.78, 5) is 26.5. The average molecular weight is 512 g/mol. The molecule has 2 aliphatic rings. The van der Waals surface area contributed by atoms with Crippen molar-refractivity contribution in [3.05, 3.63) is 66.5 Å². The minimum absolute atomic E-state index is 0.0756. The van der Waals surface area contributed by atoms with Gasteiger partial charge >= 0.3 is 0 Å². The molecule has 0 aliphatic carbocycles. The van der Waals surface area contributed by atoms with Crippen LogP contribution in [0.15, 0.2) is 65.3 Å². The fraction of sp³-hybridized carbons (Fsp3) is 0.367. The Bertz CT molecular complexity index is 1390. The predicted octanol–water partition coefficient (Wildman–Crippen LogP) is 4.93. The lowest BCUT2D eigenvalue weighted by Gasteiger charge is -2.34. The summed E-state index contributed by atoms with van der Waals surface area (Å²) in [7, 11) is 0. The molecule has 0 saturated carbocycles. The van der Waals surface area contributed by atoms with Crippen LogP contribution in [0.2, 0.25) is 0 Å². The Kier molecular flexibility index (Phi) is 7.07. The van der Waals surface area contributed by atoms with Crippen molar-refractivity contribution in [3.8, 4) is 22.5 Å². The Labute approximate surface area is 222 Å². The maximum atomic E-state index is 13.1. The SMILES string of the molecule is CCN1CCN(C(=O)c2ccc(-c3oc4ncnc(NC[C@@H]5CCCO5)c4c3-c3ccccc3)cc2)CC1. The van der Waals surface area contributed by atoms with Gasteiger partial charge in [-0.15, -0.1) is 0 Å². The molecule has 2 aromatic heterocycles. The van der Waals surface area contributed by atoms with Crippen molar-refractivity contribution in [2.75, 3.05) is 51.2 Å². The van der Waals surface area contributed by atoms with Crippen molar-refractivity contribution in [1.29, 1.82) is 0 Å². The zero-order valence-electron chi connectivity index (χ0n) is 21.7. The van der Waals surface area contributed by atoms with Crippen LogP contribution in [0, 0.1) is 0 Å². The number of benzene rings is 2. The van der Waals surface area contributed by atoms with E-state index in [4.69, 9.17) is 9.15 Å². The van der Waals surface area contributed by atoms with Gasteiger partial charge in [0.05, 0.1) is 11.5 Å². The first-order valence-corrected chi connectivity index (χ1v) is 13.5. The highest BCUT2D eigenvalue weighted by Gasteiger charge is 2.25. The third-order valence-corrected chi connectivity index (χ3v) is 7.57. The summed E-state index contributed by atoms with van der Waals surface area (Å²) in [6, 6.07) is 17.9. The van der Waals surface area contributed by atoms with Crippen LogP contribution >= 0.6 is 0 Å². The lowest BCUT2D eigenvalue weighted by molar-refractivity contribution is 0.0643. The van der Waals surface area contributed by atoms with Gasteiger partial charge in [0.2, 0.25) is 5.71 Å². The minimum atomic E-state index is 0.0756. The quantitative estimate of drug-likeness (QED) is 0.377. The van der Waals surface area contributed by atoms with E-state index >= 15 is 0 Å². The van der Waals surface area contributed by atoms with E-state index in [-0.39, 0.29) is 12.0 Å². The highest BCUT2D eigenvalue weighted by Crippen LogP contribution is 2.42. The van der Waals surface area contributed by atoms with Crippen LogP contribution in [0.3, 0.4) is 0 Å². The molecule has 2 aromatic carbocycles. The summed E-state index contributed by atoms with van der Waals surface area (Å²) in [5.41, 5.74) is 4.06. The number of furan rings is 1. The molecule has 0 unspecified atom stereocenters. The van der Waals surface area contributed by atoms with Crippen LogP contribution in [0.4, 0.5) is 5.82 Å². The lowest BCUT2D eigenvalue weighted by atomic mass is 9.98. The summed E-state index contributed by atoms with van der Waals surface area (Å²) < 4.78 is 12.2. The summed E-state index contributed by atoms with van der Waals surface area (Å²) in [6.45, 7) is 8.04. The van der Waals surface area contributed by atoms with Crippen LogP contribution in [0.1, 0.15) is 30.1 Å². The number of piperazine rings is 1. The summed E-state index contributed by atoms with van der Waals surface area (Å²) >= 11 is 0. The molecule has 8 nitrogen and oxygen atoms in total. The molecular weight excluding hydrogens is 478 g/mol. The maximum Gasteiger partial charge on any atom is 0.253 e. The van der Waals surface area contributed by atoms with Gasteiger partial charge in [0, 0.05) is 56.0 Å². The Morgan fingerprint density at radius 2 is 1.79 bits per heavy atom. The van der Waals surface area contributed by atoms with Crippen molar-refractivity contribution >= 4 is 22.8 Å². The standard InChI is InChI=1S/C30H33N5O3/c1-2-34-14-16-35(17-15-34)30(36)23-12-10-22(11-13-23)27-25(21-7-4-3-5-8-21)26-28(32-20-33-29(26)38-27)31-19-24-9-6-18-37-24/h3-5,7-8,10-13,20,24H,2,6,9,14-19H2,1H3,(H,31,32,33)/t24-/m0/s1. The van der Waals surface area contributed by atoms with E-state index in [1.807, 2.05) is 47.4 Å². The molecule has 0 bridgehead atoms. The lowest BCUT2D eigenvalue weighted by Crippen LogP contribution is -2.48. The number of rotatable bonds is 7. The average Bonchev–Trinajstić information content (AvgIpc) is 3.65. The zero-order chi connectivity index (χ0) is 25.9. The van der Waals surface area contributed by atoms with Gasteiger partial charge in [-0.2, -0.15) is 0 Å². The summed E-state index contributed by atoms with van der Waals surface area (Å²) in [5.74, 6) is 1.52. The van der Waals surface area contributed by atoms with Gasteiger partial charge in [0.25, 0.3) is 5.91 Å². The Morgan fingerprint density at radius 3 is 2.50 bits per heavy atom. The third-order valence-electron chi connectivity index (χ3n) is 7.57. The van der Waals surface area contributed by atoms with E-state index < -0.39 is 0 Å². The first kappa shape index (κ1) is 24.6. The van der Waals surface area contributed by atoms with Gasteiger partial charge in [-0.25, -0.2) is 9.97 Å². The number of nitrogens with zero attached hydrogens (tertiary/aromatic N) is 4. The number of hydrogen-bond donors (Lipinski definition) is 1. The Balaban J connectivity index is 1.34. The molecule has 4 heterocycles. The fourth-order valence-corrected chi connectivity index (χ4v) is 5.38. The van der Waals surface area contributed by atoms with Gasteiger partial charge in [0.1, 0.15) is 17.9 Å². The second-order valence-corrected chi connectivity index (χ2v) is 9.89. The molecule has 8 heteroatoms. The van der Waals surface area contributed by atoms with Gasteiger partial charge in [-0.3, -0.25) is 4.79 Å². The topological polar surface area (TPSA) is 83.7 Å². The van der Waals surface area contributed by atoms with Crippen molar-refractivity contribution in [3.63, 3.8) is 0 Å². The second kappa shape index (κ2) is 10.9. The number of carbonyl (C=O) groups excluding carboxylic acids is 1. The molecule has 2 fully saturated rings. The molecule has 1 amide bonds. The summed E-state index contributed by atoms with van der Waals surface area (Å²) in [6.07, 6.45) is 3.84. The molecule has 1 atom stereocenters. The molecule has 0 radical (unpaired) electrons. The fourth-order valence-electron chi connectivity index (χ4n) is 5.38. The van der Waals surface area contributed by atoms with Crippen LogP contribution in [0.25, 0.3) is 33.6 Å². The number of likely N-dealkylation sites (N-methyl/N-ethyl adjacent to an activating group) is 1. The van der Waals surface area contributed by atoms with Crippen molar-refractivity contribution < 1.29 is 13.9 Å². The van der Waals surface area contributed by atoms with E-state index in [9.17, 15) is 4.79 Å². The van der Waals surface area contributed by atoms with Gasteiger partial charge in [-0.1, -0.05) is 49.4 Å². The molecule has 6 rings (SSSR count). The Morgan fingerprint density at radius 1 is 1.00 bits per heavy atom. The number of fused-ring (bicyclic) bond motifs is 1. The normalized spacial score (nSPS) is 18.2. The molecule has 1 N–H and O–H groups in total. The maximum absolute atomic E-state index is 13.1. The number of anilines is 1. The molecule has 4 aromatic rings. The van der Waals surface area contributed by atoms with Gasteiger partial charge in [-0.05, 0) is 37.1 Å². The van der Waals surface area contributed by atoms with Crippen LogP contribution < -0.4 is 5.32 Å². The molecule has 38 heavy (non-hydrogen) atoms. The zero-order valence-corrected chi connectivity index (χ0v) is 21.7. The first-order valence-electron chi connectivity index (χ1n) is 13.5. The van der Waals surface area contributed by atoms with Crippen molar-refractivity contribution in [2.45, 2.75) is 25.9 Å². The van der Waals surface area contributed by atoms with E-state index in [0.29, 0.717) is 23.6 Å². The molecule has 0 spiro atoms. The van der Waals surface area contributed by atoms with E-state index in [1.165, 1.54) is 6.33 Å². The minimum Gasteiger partial charge on any atom is -0.437 e. The third kappa shape index (κ3) is 4.89. The number of aromatic nitrogens is 2. The van der Waals surface area contributed by atoms with Crippen LogP contribution in [-0.4, -0.2) is 77.7 Å². The number of hydrogen-bond acceptors (Lipinski definition) is 7. The molecular formula is C30H33N5O3. The number of nitrogens with one attached hydrogen (secondary N) is 1. The molecule has 2 saturated heterocycles. The van der Waals surface area contributed by atoms with E-state index in [1.54, 1.807) is 0 Å². The molecule has 196 valence electrons. The number of ether oxygens (including phenoxy) is 1. The van der Waals surface area contributed by atoms with E-state index in [0.717, 1.165) is 80.1 Å². The number of carbonyl (C=O) groups is 1. The van der Waals surface area contributed by atoms with Gasteiger partial charge in [0.15, 0.2) is 0 Å². The number of amides is 1. The van der Waals surface area contributed by atoms with Crippen molar-refractivity contribution in [1.82, 2.24) is 19.8 Å². The summed E-state index contributed by atoms with van der Waals surface area (Å²) in [5, 5.41) is 4.33. The largest absolute Gasteiger partial charge is 0.437 e. The Hall–Kier alpha value is -3.75.